The van der Waals surface area contributed by atoms with Crippen molar-refractivity contribution in [2.24, 2.45) is 4.99 Å². The molecule has 1 aromatic rings. The molecule has 1 aliphatic heterocycles. The van der Waals surface area contributed by atoms with Gasteiger partial charge in [0, 0.05) is 23.0 Å². The first kappa shape index (κ1) is 24.4. The molecule has 0 saturated heterocycles. The molecule has 0 spiro atoms. The van der Waals surface area contributed by atoms with Gasteiger partial charge in [0.2, 0.25) is 11.8 Å². The van der Waals surface area contributed by atoms with Crippen LogP contribution in [-0.2, 0) is 19.7 Å². The lowest BCUT2D eigenvalue weighted by molar-refractivity contribution is -0.132. The lowest BCUT2D eigenvalue weighted by atomic mass is 9.67. The Bertz CT molecular complexity index is 857. The van der Waals surface area contributed by atoms with E-state index < -0.39 is 11.7 Å². The van der Waals surface area contributed by atoms with Gasteiger partial charge in [0.05, 0.1) is 13.2 Å². The Labute approximate surface area is 195 Å². The Morgan fingerprint density at radius 3 is 2.66 bits per heavy atom. The second-order valence-electron chi connectivity index (χ2n) is 9.54. The second-order valence-corrected chi connectivity index (χ2v) is 9.98. The molecule has 32 heavy (non-hydrogen) atoms. The number of benzene rings is 1. The van der Waals surface area contributed by atoms with Crippen LogP contribution in [0.25, 0.3) is 0 Å². The summed E-state index contributed by atoms with van der Waals surface area (Å²) in [6, 6.07) is 7.96. The van der Waals surface area contributed by atoms with E-state index in [1.54, 1.807) is 0 Å². The second kappa shape index (κ2) is 10.1. The zero-order valence-electron chi connectivity index (χ0n) is 19.4. The van der Waals surface area contributed by atoms with E-state index in [1.165, 1.54) is 0 Å². The quantitative estimate of drug-likeness (QED) is 0.705. The zero-order chi connectivity index (χ0) is 23.4. The highest BCUT2D eigenvalue weighted by molar-refractivity contribution is 6.30. The van der Waals surface area contributed by atoms with E-state index in [2.05, 4.69) is 16.4 Å². The number of aliphatic imine (C=N–C) groups is 1. The molecular weight excluding hydrogens is 430 g/mol. The smallest absolute Gasteiger partial charge is 0.407 e. The molecule has 1 aromatic carbocycles. The number of nitrogens with one attached hydrogen (secondary N) is 1. The van der Waals surface area contributed by atoms with Crippen LogP contribution in [0.2, 0.25) is 5.02 Å². The summed E-state index contributed by atoms with van der Waals surface area (Å²) in [5.41, 5.74) is 0.272. The molecule has 1 heterocycles. The predicted molar refractivity (Wildman–Crippen MR) is 125 cm³/mol. The summed E-state index contributed by atoms with van der Waals surface area (Å²) in [5, 5.41) is 3.64. The van der Waals surface area contributed by atoms with E-state index in [0.29, 0.717) is 30.6 Å². The van der Waals surface area contributed by atoms with Crippen molar-refractivity contribution in [2.75, 3.05) is 26.2 Å². The number of ether oxygens (including phenoxy) is 2. The van der Waals surface area contributed by atoms with Gasteiger partial charge in [0.25, 0.3) is 0 Å². The molecule has 8 heteroatoms. The fourth-order valence-corrected chi connectivity index (χ4v) is 4.72. The van der Waals surface area contributed by atoms with Gasteiger partial charge < -0.3 is 19.7 Å². The average molecular weight is 464 g/mol. The van der Waals surface area contributed by atoms with Crippen molar-refractivity contribution in [3.05, 3.63) is 34.9 Å². The Morgan fingerprint density at radius 2 is 2.03 bits per heavy atom. The van der Waals surface area contributed by atoms with Crippen LogP contribution in [0, 0.1) is 0 Å². The van der Waals surface area contributed by atoms with Crippen molar-refractivity contribution in [1.82, 2.24) is 10.2 Å². The lowest BCUT2D eigenvalue weighted by Crippen LogP contribution is -2.52. The van der Waals surface area contributed by atoms with Crippen molar-refractivity contribution in [2.45, 2.75) is 70.4 Å². The van der Waals surface area contributed by atoms with Gasteiger partial charge in [0.1, 0.15) is 12.1 Å². The summed E-state index contributed by atoms with van der Waals surface area (Å²) in [6.45, 7) is 9.03. The van der Waals surface area contributed by atoms with E-state index in [-0.39, 0.29) is 23.9 Å². The van der Waals surface area contributed by atoms with Crippen LogP contribution in [-0.4, -0.2) is 60.7 Å². The molecule has 0 atom stereocenters. The largest absolute Gasteiger partial charge is 0.480 e. The molecule has 3 rings (SSSR count). The maximum Gasteiger partial charge on any atom is 0.407 e. The normalized spacial score (nSPS) is 24.0. The fourth-order valence-electron chi connectivity index (χ4n) is 4.53. The Hall–Kier alpha value is -2.28. The highest BCUT2D eigenvalue weighted by Crippen LogP contribution is 2.41. The summed E-state index contributed by atoms with van der Waals surface area (Å²) in [4.78, 5) is 31.0. The highest BCUT2D eigenvalue weighted by Gasteiger charge is 2.41. The van der Waals surface area contributed by atoms with Crippen molar-refractivity contribution in [3.8, 4) is 0 Å². The highest BCUT2D eigenvalue weighted by atomic mass is 35.5. The molecule has 176 valence electrons. The van der Waals surface area contributed by atoms with Crippen LogP contribution in [0.5, 0.6) is 0 Å². The van der Waals surface area contributed by atoms with Gasteiger partial charge in [-0.15, -0.1) is 0 Å². The van der Waals surface area contributed by atoms with Crippen LogP contribution >= 0.6 is 11.6 Å². The monoisotopic (exact) mass is 463 g/mol. The first-order chi connectivity index (χ1) is 15.1. The third kappa shape index (κ3) is 6.15. The molecule has 0 bridgehead atoms. The molecule has 1 N–H and O–H groups in total. The Kier molecular flexibility index (Phi) is 7.70. The minimum atomic E-state index is -0.556. The van der Waals surface area contributed by atoms with E-state index in [4.69, 9.17) is 21.1 Å². The summed E-state index contributed by atoms with van der Waals surface area (Å²) in [6.07, 6.45) is 2.86. The van der Waals surface area contributed by atoms with E-state index in [1.807, 2.05) is 50.8 Å². The topological polar surface area (TPSA) is 80.2 Å². The SMILES string of the molecule is CCOC1=NCC(=O)N([C@H]2CC[C@](CNC(=O)OC(C)(C)C)(c3cccc(Cl)c3)CC2)C1. The van der Waals surface area contributed by atoms with Gasteiger partial charge in [-0.3, -0.25) is 4.79 Å². The molecule has 1 aliphatic carbocycles. The minimum Gasteiger partial charge on any atom is -0.480 e. The summed E-state index contributed by atoms with van der Waals surface area (Å²) < 4.78 is 11.0. The molecule has 0 aromatic heterocycles. The molecule has 0 radical (unpaired) electrons. The number of amides is 2. The number of nitrogens with zero attached hydrogens (tertiary/aromatic N) is 2. The van der Waals surface area contributed by atoms with E-state index in [9.17, 15) is 9.59 Å². The molecule has 7 nitrogen and oxygen atoms in total. The maximum atomic E-state index is 12.5. The zero-order valence-corrected chi connectivity index (χ0v) is 20.2. The number of halogens is 1. The molecule has 2 amide bonds. The van der Waals surface area contributed by atoms with Gasteiger partial charge in [0.15, 0.2) is 0 Å². The van der Waals surface area contributed by atoms with Crippen LogP contribution in [0.4, 0.5) is 4.79 Å². The third-order valence-corrected chi connectivity index (χ3v) is 6.32. The van der Waals surface area contributed by atoms with Crippen LogP contribution in [0.3, 0.4) is 0 Å². The summed E-state index contributed by atoms with van der Waals surface area (Å²) in [7, 11) is 0. The van der Waals surface area contributed by atoms with Gasteiger partial charge in [-0.25, -0.2) is 9.79 Å². The number of carbonyl (C=O) groups is 2. The van der Waals surface area contributed by atoms with E-state index in [0.717, 1.165) is 31.2 Å². The standard InChI is InChI=1S/C24H34ClN3O4/c1-5-31-20-15-28(21(29)14-26-20)19-9-11-24(12-10-19,17-7-6-8-18(25)13-17)16-27-22(30)32-23(2,3)4/h6-8,13,19H,5,9-12,14-16H2,1-4H3,(H,27,30)/t19-,24-. The molecule has 0 unspecified atom stereocenters. The molecular formula is C24H34ClN3O4. The minimum absolute atomic E-state index is 0.0422. The molecule has 2 aliphatic rings. The van der Waals surface area contributed by atoms with Crippen LogP contribution in [0.1, 0.15) is 58.9 Å². The Balaban J connectivity index is 1.73. The first-order valence-electron chi connectivity index (χ1n) is 11.3. The Morgan fingerprint density at radius 1 is 1.31 bits per heavy atom. The summed E-state index contributed by atoms with van der Waals surface area (Å²) >= 11 is 6.30. The van der Waals surface area contributed by atoms with Gasteiger partial charge in [-0.1, -0.05) is 23.7 Å². The predicted octanol–water partition coefficient (Wildman–Crippen LogP) is 4.32. The summed E-state index contributed by atoms with van der Waals surface area (Å²) in [5.74, 6) is 0.672. The number of hydrogen-bond acceptors (Lipinski definition) is 5. The average Bonchev–Trinajstić information content (AvgIpc) is 2.73. The van der Waals surface area contributed by atoms with Crippen LogP contribution < -0.4 is 5.32 Å². The number of rotatable bonds is 5. The van der Waals surface area contributed by atoms with Gasteiger partial charge in [-0.05, 0) is 71.1 Å². The van der Waals surface area contributed by atoms with Crippen molar-refractivity contribution >= 4 is 29.5 Å². The number of alkyl carbamates (subject to hydrolysis) is 1. The van der Waals surface area contributed by atoms with Crippen molar-refractivity contribution in [3.63, 3.8) is 0 Å². The van der Waals surface area contributed by atoms with Crippen molar-refractivity contribution < 1.29 is 19.1 Å². The molecule has 1 saturated carbocycles. The van der Waals surface area contributed by atoms with E-state index >= 15 is 0 Å². The van der Waals surface area contributed by atoms with Gasteiger partial charge >= 0.3 is 6.09 Å². The van der Waals surface area contributed by atoms with Gasteiger partial charge in [-0.2, -0.15) is 0 Å². The first-order valence-corrected chi connectivity index (χ1v) is 11.7. The lowest BCUT2D eigenvalue weighted by Gasteiger charge is -2.44. The van der Waals surface area contributed by atoms with Crippen LogP contribution in [0.15, 0.2) is 29.3 Å². The number of carbonyl (C=O) groups excluding carboxylic acids is 2. The van der Waals surface area contributed by atoms with Crippen molar-refractivity contribution in [1.29, 1.82) is 0 Å². The number of hydrogen-bond donors (Lipinski definition) is 1. The maximum absolute atomic E-state index is 12.5. The molecule has 1 fully saturated rings. The third-order valence-electron chi connectivity index (χ3n) is 6.09. The fraction of sp³-hybridized carbons (Fsp3) is 0.625.